The van der Waals surface area contributed by atoms with E-state index in [0.717, 1.165) is 0 Å². The molecule has 0 fully saturated rings. The molecule has 4 heteroatoms. The number of hydrogen-bond acceptors (Lipinski definition) is 2. The average Bonchev–Trinajstić information content (AvgIpc) is 2.80. The van der Waals surface area contributed by atoms with Crippen molar-refractivity contribution in [3.05, 3.63) is 121 Å². The van der Waals surface area contributed by atoms with E-state index in [0.29, 0.717) is 0 Å². The third-order valence-electron chi connectivity index (χ3n) is 4.82. The summed E-state index contributed by atoms with van der Waals surface area (Å²) in [6.45, 7) is 0. The Morgan fingerprint density at radius 2 is 0.500 bits per heavy atom. The minimum atomic E-state index is -2.33. The second-order valence-electron chi connectivity index (χ2n) is 6.49. The lowest BCUT2D eigenvalue weighted by molar-refractivity contribution is 1.75. The molecule has 0 radical (unpaired) electrons. The van der Waals surface area contributed by atoms with Crippen molar-refractivity contribution >= 4 is 56.3 Å². The summed E-state index contributed by atoms with van der Waals surface area (Å²) in [5, 5.41) is 4.75. The van der Waals surface area contributed by atoms with Crippen molar-refractivity contribution < 1.29 is 0 Å². The molecule has 0 aliphatic carbocycles. The molecule has 0 bridgehead atoms. The summed E-state index contributed by atoms with van der Waals surface area (Å²) in [5.41, 5.74) is -4.66. The summed E-state index contributed by atoms with van der Waals surface area (Å²) >= 11 is 13.4. The van der Waals surface area contributed by atoms with Crippen LogP contribution in [0.4, 0.5) is 0 Å². The molecule has 4 aromatic rings. The van der Waals surface area contributed by atoms with Gasteiger partial charge in [0.15, 0.2) is 0 Å². The van der Waals surface area contributed by atoms with Crippen LogP contribution in [0, 0.1) is 0 Å². The predicted molar refractivity (Wildman–Crippen MR) is 133 cm³/mol. The number of hydrogen-bond donors (Lipinski definition) is 0. The minimum absolute atomic E-state index is 1.19. The summed E-state index contributed by atoms with van der Waals surface area (Å²) in [6.07, 6.45) is 0. The molecule has 0 aliphatic heterocycles. The highest BCUT2D eigenvalue weighted by atomic mass is 32.8. The van der Waals surface area contributed by atoms with Crippen LogP contribution < -0.4 is 21.2 Å². The van der Waals surface area contributed by atoms with Crippen LogP contribution in [0.25, 0.3) is 0 Å². The lowest BCUT2D eigenvalue weighted by Crippen LogP contribution is -2.25. The van der Waals surface area contributed by atoms with Crippen molar-refractivity contribution in [3.8, 4) is 0 Å². The van der Waals surface area contributed by atoms with E-state index >= 15 is 0 Å². The maximum atomic E-state index is 6.69. The highest BCUT2D eigenvalue weighted by Gasteiger charge is 2.40. The molecule has 0 aliphatic rings. The monoisotopic (exact) mass is 434 g/mol. The number of benzene rings is 4. The zero-order valence-electron chi connectivity index (χ0n) is 15.3. The Morgan fingerprint density at radius 1 is 0.321 bits per heavy atom. The van der Waals surface area contributed by atoms with E-state index in [9.17, 15) is 0 Å². The van der Waals surface area contributed by atoms with Gasteiger partial charge in [-0.3, -0.25) is 0 Å². The molecule has 28 heavy (non-hydrogen) atoms. The minimum Gasteiger partial charge on any atom is -0.0813 e. The van der Waals surface area contributed by atoms with Crippen molar-refractivity contribution in [3.63, 3.8) is 0 Å². The van der Waals surface area contributed by atoms with E-state index in [-0.39, 0.29) is 0 Å². The molecule has 0 heterocycles. The van der Waals surface area contributed by atoms with Gasteiger partial charge in [0.25, 0.3) is 0 Å². The van der Waals surface area contributed by atoms with E-state index in [4.69, 9.17) is 23.6 Å². The summed E-state index contributed by atoms with van der Waals surface area (Å²) in [6, 6.07) is 42.1. The van der Waals surface area contributed by atoms with E-state index in [1.54, 1.807) is 0 Å². The molecule has 0 saturated carbocycles. The molecule has 4 rings (SSSR count). The maximum absolute atomic E-state index is 6.69. The molecule has 0 saturated heterocycles. The van der Waals surface area contributed by atoms with Gasteiger partial charge in [0.05, 0.1) is 0 Å². The molecular formula is C24H20P2S2. The first kappa shape index (κ1) is 19.5. The molecule has 138 valence electrons. The standard InChI is InChI=1S/C24H20P2S2/c27-25(21-13-5-1-6-14-21,22-15-7-2-8-16-22)26(28,23-17-9-3-10-18-23)24-19-11-4-12-20-24/h1-20H. The van der Waals surface area contributed by atoms with E-state index in [1.807, 2.05) is 24.3 Å². The van der Waals surface area contributed by atoms with Crippen molar-refractivity contribution in [2.75, 3.05) is 0 Å². The number of rotatable bonds is 5. The molecular weight excluding hydrogens is 414 g/mol. The molecule has 0 aromatic heterocycles. The summed E-state index contributed by atoms with van der Waals surface area (Å²) in [4.78, 5) is 0. The van der Waals surface area contributed by atoms with Crippen molar-refractivity contribution in [2.24, 2.45) is 0 Å². The lowest BCUT2D eigenvalue weighted by atomic mass is 10.4. The van der Waals surface area contributed by atoms with Crippen LogP contribution in [0.15, 0.2) is 121 Å². The topological polar surface area (TPSA) is 0 Å². The van der Waals surface area contributed by atoms with Crippen LogP contribution in [0.2, 0.25) is 0 Å². The first-order valence-corrected chi connectivity index (χ1v) is 15.4. The second kappa shape index (κ2) is 8.27. The molecule has 0 amide bonds. The third-order valence-corrected chi connectivity index (χ3v) is 22.6. The highest BCUT2D eigenvalue weighted by molar-refractivity contribution is 8.74. The quantitative estimate of drug-likeness (QED) is 0.398. The molecule has 0 N–H and O–H groups in total. The molecule has 0 unspecified atom stereocenters. The van der Waals surface area contributed by atoms with Gasteiger partial charge in [0, 0.05) is 11.5 Å². The smallest absolute Gasteiger partial charge is 0.0491 e. The van der Waals surface area contributed by atoms with E-state index in [2.05, 4.69) is 97.1 Å². The first-order valence-electron chi connectivity index (χ1n) is 9.10. The fourth-order valence-electron chi connectivity index (χ4n) is 3.47. The van der Waals surface area contributed by atoms with Crippen LogP contribution in [0.5, 0.6) is 0 Å². The van der Waals surface area contributed by atoms with E-state index < -0.39 is 11.5 Å². The Morgan fingerprint density at radius 3 is 0.679 bits per heavy atom. The van der Waals surface area contributed by atoms with Crippen molar-refractivity contribution in [1.29, 1.82) is 0 Å². The van der Waals surface area contributed by atoms with Gasteiger partial charge in [-0.2, -0.15) is 0 Å². The summed E-state index contributed by atoms with van der Waals surface area (Å²) in [5.74, 6) is 0. The van der Waals surface area contributed by atoms with Crippen LogP contribution in [-0.2, 0) is 23.6 Å². The van der Waals surface area contributed by atoms with Gasteiger partial charge >= 0.3 is 0 Å². The third kappa shape index (κ3) is 3.25. The van der Waals surface area contributed by atoms with Gasteiger partial charge in [0.2, 0.25) is 0 Å². The van der Waals surface area contributed by atoms with Crippen LogP contribution in [0.1, 0.15) is 0 Å². The average molecular weight is 435 g/mol. The fraction of sp³-hybridized carbons (Fsp3) is 0. The van der Waals surface area contributed by atoms with Gasteiger partial charge in [0.1, 0.15) is 0 Å². The molecule has 0 spiro atoms. The first-order chi connectivity index (χ1) is 13.7. The second-order valence-corrected chi connectivity index (χ2v) is 19.4. The van der Waals surface area contributed by atoms with Crippen LogP contribution >= 0.6 is 11.5 Å². The predicted octanol–water partition coefficient (Wildman–Crippen LogP) is 5.16. The lowest BCUT2D eigenvalue weighted by Gasteiger charge is -2.37. The van der Waals surface area contributed by atoms with Gasteiger partial charge in [-0.25, -0.2) is 0 Å². The van der Waals surface area contributed by atoms with Crippen molar-refractivity contribution in [2.45, 2.75) is 0 Å². The molecule has 0 atom stereocenters. The Balaban J connectivity index is 2.13. The van der Waals surface area contributed by atoms with Gasteiger partial charge in [-0.15, -0.1) is 0 Å². The normalized spacial score (nSPS) is 11.9. The zero-order chi connectivity index (χ0) is 19.5. The van der Waals surface area contributed by atoms with Crippen molar-refractivity contribution in [1.82, 2.24) is 0 Å². The Bertz CT molecular complexity index is 960. The highest BCUT2D eigenvalue weighted by Crippen LogP contribution is 2.78. The Hall–Kier alpha value is -1.82. The van der Waals surface area contributed by atoms with Gasteiger partial charge in [-0.05, 0) is 21.2 Å². The zero-order valence-corrected chi connectivity index (χ0v) is 18.7. The molecule has 4 aromatic carbocycles. The van der Waals surface area contributed by atoms with Gasteiger partial charge in [-0.1, -0.05) is 145 Å². The Labute approximate surface area is 177 Å². The Kier molecular flexibility index (Phi) is 5.76. The van der Waals surface area contributed by atoms with Crippen LogP contribution in [0.3, 0.4) is 0 Å². The van der Waals surface area contributed by atoms with Gasteiger partial charge < -0.3 is 0 Å². The summed E-state index contributed by atoms with van der Waals surface area (Å²) < 4.78 is 0. The maximum Gasteiger partial charge on any atom is 0.0491 e. The fourth-order valence-corrected chi connectivity index (χ4v) is 18.0. The SMILES string of the molecule is S=P(c1ccccc1)(c1ccccc1)P(=S)(c1ccccc1)c1ccccc1. The largest absolute Gasteiger partial charge is 0.0813 e. The molecule has 0 nitrogen and oxygen atoms in total. The summed E-state index contributed by atoms with van der Waals surface area (Å²) in [7, 11) is 0. The van der Waals surface area contributed by atoms with Crippen LogP contribution in [-0.4, -0.2) is 0 Å². The van der Waals surface area contributed by atoms with E-state index in [1.165, 1.54) is 21.2 Å².